The van der Waals surface area contributed by atoms with E-state index in [1.54, 1.807) is 29.5 Å². The zero-order valence-electron chi connectivity index (χ0n) is 17.4. The lowest BCUT2D eigenvalue weighted by molar-refractivity contribution is -0.125. The van der Waals surface area contributed by atoms with Crippen LogP contribution >= 0.6 is 11.3 Å². The maximum atomic E-state index is 13.1. The molecule has 0 spiro atoms. The molecule has 0 bridgehead atoms. The number of carbonyl (C=O) groups is 2. The van der Waals surface area contributed by atoms with Crippen LogP contribution in [0.25, 0.3) is 16.5 Å². The molecule has 2 amide bonds. The number of rotatable bonds is 6. The number of carbonyl (C=O) groups excluding carboxylic acids is 2. The third-order valence-corrected chi connectivity index (χ3v) is 5.96. The maximum Gasteiger partial charge on any atom is 0.246 e. The zero-order chi connectivity index (χ0) is 21.5. The average molecular weight is 430 g/mol. The molecule has 30 heavy (non-hydrogen) atoms. The monoisotopic (exact) mass is 429 g/mol. The molecule has 0 saturated carbocycles. The number of nitrogens with one attached hydrogen (secondary N) is 1. The molecule has 1 aliphatic rings. The van der Waals surface area contributed by atoms with E-state index in [0.29, 0.717) is 26.2 Å². The van der Waals surface area contributed by atoms with Crippen molar-refractivity contribution in [1.29, 1.82) is 0 Å². The van der Waals surface area contributed by atoms with Crippen molar-refractivity contribution in [3.8, 4) is 10.4 Å². The Balaban J connectivity index is 1.53. The van der Waals surface area contributed by atoms with Gasteiger partial charge in [-0.1, -0.05) is 12.1 Å². The molecule has 5 nitrogen and oxygen atoms in total. The van der Waals surface area contributed by atoms with Crippen molar-refractivity contribution in [2.75, 3.05) is 32.7 Å². The predicted octanol–water partition coefficient (Wildman–Crippen LogP) is 3.63. The van der Waals surface area contributed by atoms with Crippen molar-refractivity contribution < 1.29 is 14.0 Å². The summed E-state index contributed by atoms with van der Waals surface area (Å²) in [6.45, 7) is 7.08. The van der Waals surface area contributed by atoms with E-state index in [-0.39, 0.29) is 23.7 Å². The quantitative estimate of drug-likeness (QED) is 0.714. The fraction of sp³-hybridized carbons (Fsp3) is 0.391. The summed E-state index contributed by atoms with van der Waals surface area (Å²) in [5.41, 5.74) is 0.960. The molecule has 0 unspecified atom stereocenters. The Morgan fingerprint density at radius 3 is 2.60 bits per heavy atom. The first-order chi connectivity index (χ1) is 14.4. The number of hydrogen-bond donors (Lipinski definition) is 1. The number of halogens is 1. The molecule has 1 N–H and O–H groups in total. The molecule has 1 aromatic carbocycles. The van der Waals surface area contributed by atoms with Crippen LogP contribution < -0.4 is 5.32 Å². The topological polar surface area (TPSA) is 52.7 Å². The standard InChI is InChI=1S/C23H28FN3O2S/c1-17(2)25-22(28)16-26-12-3-13-27(15-14-26)23(29)11-9-20-8-10-21(30-20)18-4-6-19(24)7-5-18/h4-11,17H,3,12-16H2,1-2H3,(H,25,28). The highest BCUT2D eigenvalue weighted by Crippen LogP contribution is 2.29. The molecule has 1 aromatic heterocycles. The predicted molar refractivity (Wildman–Crippen MR) is 120 cm³/mol. The molecular formula is C23H28FN3O2S. The van der Waals surface area contributed by atoms with E-state index < -0.39 is 0 Å². The van der Waals surface area contributed by atoms with Gasteiger partial charge in [0.1, 0.15) is 5.82 Å². The smallest absolute Gasteiger partial charge is 0.246 e. The number of benzene rings is 1. The summed E-state index contributed by atoms with van der Waals surface area (Å²) in [4.78, 5) is 30.5. The molecule has 160 valence electrons. The van der Waals surface area contributed by atoms with Crippen LogP contribution in [0.15, 0.2) is 42.5 Å². The van der Waals surface area contributed by atoms with Crippen LogP contribution in [0.5, 0.6) is 0 Å². The molecule has 0 atom stereocenters. The van der Waals surface area contributed by atoms with Crippen molar-refractivity contribution in [2.24, 2.45) is 0 Å². The first kappa shape index (κ1) is 22.2. The fourth-order valence-electron chi connectivity index (χ4n) is 3.39. The number of thiophene rings is 1. The summed E-state index contributed by atoms with van der Waals surface area (Å²) in [6, 6.07) is 10.5. The molecule has 1 aliphatic heterocycles. The molecule has 7 heteroatoms. The van der Waals surface area contributed by atoms with Crippen molar-refractivity contribution >= 4 is 29.2 Å². The lowest BCUT2D eigenvalue weighted by atomic mass is 10.2. The summed E-state index contributed by atoms with van der Waals surface area (Å²) in [5.74, 6) is -0.239. The maximum absolute atomic E-state index is 13.1. The van der Waals surface area contributed by atoms with E-state index in [0.717, 1.165) is 28.3 Å². The van der Waals surface area contributed by atoms with Crippen LogP contribution in [0.4, 0.5) is 4.39 Å². The van der Waals surface area contributed by atoms with Crippen molar-refractivity contribution in [3.05, 3.63) is 53.2 Å². The Bertz CT molecular complexity index is 892. The Morgan fingerprint density at radius 1 is 1.10 bits per heavy atom. The largest absolute Gasteiger partial charge is 0.353 e. The lowest BCUT2D eigenvalue weighted by Gasteiger charge is -2.21. The Labute approximate surface area is 181 Å². The summed E-state index contributed by atoms with van der Waals surface area (Å²) in [5, 5.41) is 2.91. The van der Waals surface area contributed by atoms with Gasteiger partial charge in [0.15, 0.2) is 0 Å². The van der Waals surface area contributed by atoms with E-state index in [4.69, 9.17) is 0 Å². The minimum Gasteiger partial charge on any atom is -0.353 e. The Morgan fingerprint density at radius 2 is 1.87 bits per heavy atom. The normalized spacial score (nSPS) is 15.5. The van der Waals surface area contributed by atoms with Crippen LogP contribution in [0, 0.1) is 5.82 Å². The second kappa shape index (κ2) is 10.5. The zero-order valence-corrected chi connectivity index (χ0v) is 18.3. The lowest BCUT2D eigenvalue weighted by Crippen LogP contribution is -2.41. The van der Waals surface area contributed by atoms with Gasteiger partial charge in [0.25, 0.3) is 0 Å². The van der Waals surface area contributed by atoms with Gasteiger partial charge in [-0.05, 0) is 56.2 Å². The first-order valence-electron chi connectivity index (χ1n) is 10.2. The Kier molecular flexibility index (Phi) is 7.76. The molecule has 1 saturated heterocycles. The third kappa shape index (κ3) is 6.50. The van der Waals surface area contributed by atoms with Crippen LogP contribution in [0.2, 0.25) is 0 Å². The van der Waals surface area contributed by atoms with Gasteiger partial charge in [0.05, 0.1) is 6.54 Å². The summed E-state index contributed by atoms with van der Waals surface area (Å²) in [7, 11) is 0. The van der Waals surface area contributed by atoms with Gasteiger partial charge in [-0.2, -0.15) is 0 Å². The third-order valence-electron chi connectivity index (χ3n) is 4.86. The first-order valence-corrected chi connectivity index (χ1v) is 11.1. The van der Waals surface area contributed by atoms with Gasteiger partial charge in [-0.25, -0.2) is 4.39 Å². The molecule has 3 rings (SSSR count). The summed E-state index contributed by atoms with van der Waals surface area (Å²) in [6.07, 6.45) is 4.29. The van der Waals surface area contributed by atoms with Gasteiger partial charge >= 0.3 is 0 Å². The highest BCUT2D eigenvalue weighted by molar-refractivity contribution is 7.16. The van der Waals surface area contributed by atoms with Gasteiger partial charge in [0, 0.05) is 48.1 Å². The number of hydrogen-bond acceptors (Lipinski definition) is 4. The summed E-state index contributed by atoms with van der Waals surface area (Å²) >= 11 is 1.56. The van der Waals surface area contributed by atoms with Crippen LogP contribution in [-0.2, 0) is 9.59 Å². The highest BCUT2D eigenvalue weighted by Gasteiger charge is 2.19. The molecule has 0 aliphatic carbocycles. The van der Waals surface area contributed by atoms with E-state index in [1.165, 1.54) is 12.1 Å². The van der Waals surface area contributed by atoms with Crippen molar-refractivity contribution in [2.45, 2.75) is 26.3 Å². The van der Waals surface area contributed by atoms with E-state index in [1.807, 2.05) is 37.0 Å². The van der Waals surface area contributed by atoms with Crippen LogP contribution in [0.3, 0.4) is 0 Å². The highest BCUT2D eigenvalue weighted by atomic mass is 32.1. The molecule has 2 aromatic rings. The molecule has 2 heterocycles. The van der Waals surface area contributed by atoms with Gasteiger partial charge in [-0.15, -0.1) is 11.3 Å². The second-order valence-electron chi connectivity index (χ2n) is 7.72. The Hall–Kier alpha value is -2.51. The van der Waals surface area contributed by atoms with E-state index in [9.17, 15) is 14.0 Å². The van der Waals surface area contributed by atoms with E-state index in [2.05, 4.69) is 10.2 Å². The molecule has 0 radical (unpaired) electrons. The van der Waals surface area contributed by atoms with Gasteiger partial charge in [0.2, 0.25) is 11.8 Å². The van der Waals surface area contributed by atoms with Crippen LogP contribution in [-0.4, -0.2) is 60.4 Å². The van der Waals surface area contributed by atoms with Gasteiger partial charge in [-0.3, -0.25) is 14.5 Å². The fourth-order valence-corrected chi connectivity index (χ4v) is 4.31. The van der Waals surface area contributed by atoms with Gasteiger partial charge < -0.3 is 10.2 Å². The van der Waals surface area contributed by atoms with Crippen molar-refractivity contribution in [1.82, 2.24) is 15.1 Å². The second-order valence-corrected chi connectivity index (χ2v) is 8.83. The minimum absolute atomic E-state index is 0.0137. The van der Waals surface area contributed by atoms with Crippen LogP contribution in [0.1, 0.15) is 25.1 Å². The van der Waals surface area contributed by atoms with E-state index >= 15 is 0 Å². The number of nitrogens with zero attached hydrogens (tertiary/aromatic N) is 2. The summed E-state index contributed by atoms with van der Waals surface area (Å²) < 4.78 is 13.1. The minimum atomic E-state index is -0.252. The number of amides is 2. The molecular weight excluding hydrogens is 401 g/mol. The SMILES string of the molecule is CC(C)NC(=O)CN1CCCN(C(=O)C=Cc2ccc(-c3ccc(F)cc3)s2)CC1. The van der Waals surface area contributed by atoms with Crippen molar-refractivity contribution in [3.63, 3.8) is 0 Å². The molecule has 1 fully saturated rings. The average Bonchev–Trinajstić information content (AvgIpc) is 3.05.